The number of likely N-dealkylation sites (tertiary alicyclic amines) is 1. The van der Waals surface area contributed by atoms with E-state index in [1.54, 1.807) is 7.11 Å². The van der Waals surface area contributed by atoms with Crippen LogP contribution in [0, 0.1) is 23.2 Å². The molecule has 1 aliphatic heterocycles. The molecule has 1 aliphatic carbocycles. The van der Waals surface area contributed by atoms with Crippen LogP contribution in [0.1, 0.15) is 19.3 Å². The molecule has 1 heterocycles. The Morgan fingerprint density at radius 1 is 1.47 bits per heavy atom. The highest BCUT2D eigenvalue weighted by Gasteiger charge is 2.46. The maximum absolute atomic E-state index is 9.45. The maximum atomic E-state index is 9.45. The Morgan fingerprint density at radius 3 is 2.76 bits per heavy atom. The molecule has 4 heteroatoms. The summed E-state index contributed by atoms with van der Waals surface area (Å²) in [6.07, 6.45) is 3.59. The number of hydrogen-bond donors (Lipinski definition) is 1. The molecular weight excluding hydrogens is 214 g/mol. The van der Waals surface area contributed by atoms with E-state index in [0.29, 0.717) is 11.8 Å². The van der Waals surface area contributed by atoms with E-state index in [0.717, 1.165) is 26.2 Å². The molecule has 1 saturated heterocycles. The van der Waals surface area contributed by atoms with Gasteiger partial charge in [0.05, 0.1) is 12.7 Å². The van der Waals surface area contributed by atoms with Crippen LogP contribution in [0.5, 0.6) is 0 Å². The smallest absolute Gasteiger partial charge is 0.122 e. The van der Waals surface area contributed by atoms with Crippen molar-refractivity contribution in [2.24, 2.45) is 11.8 Å². The maximum Gasteiger partial charge on any atom is 0.122 e. The van der Waals surface area contributed by atoms with Crippen molar-refractivity contribution in [2.45, 2.75) is 24.8 Å². The lowest BCUT2D eigenvalue weighted by molar-refractivity contribution is 0.149. The van der Waals surface area contributed by atoms with Gasteiger partial charge in [0.2, 0.25) is 0 Å². The highest BCUT2D eigenvalue weighted by Crippen LogP contribution is 2.40. The molecule has 0 aromatic heterocycles. The highest BCUT2D eigenvalue weighted by molar-refractivity contribution is 5.16. The Labute approximate surface area is 104 Å². The zero-order valence-corrected chi connectivity index (χ0v) is 10.9. The number of nitrogens with zero attached hydrogens (tertiary/aromatic N) is 2. The third-order valence-electron chi connectivity index (χ3n) is 4.17. The molecule has 0 amide bonds. The number of likely N-dealkylation sites (N-methyl/N-ethyl adjacent to an activating group) is 1. The fourth-order valence-electron chi connectivity index (χ4n) is 2.95. The number of nitrogens with one attached hydrogen (secondary N) is 1. The summed E-state index contributed by atoms with van der Waals surface area (Å²) in [5.74, 6) is 1.20. The minimum Gasteiger partial charge on any atom is -0.384 e. The standard InChI is InChI=1S/C13H23N3O/c1-15-13(9-14,12-3-4-12)10-16-6-5-11(7-16)8-17-2/h11-12,15H,3-8,10H2,1-2H3. The van der Waals surface area contributed by atoms with Gasteiger partial charge < -0.3 is 15.0 Å². The van der Waals surface area contributed by atoms with E-state index in [1.165, 1.54) is 19.3 Å². The van der Waals surface area contributed by atoms with Gasteiger partial charge in [-0.3, -0.25) is 0 Å². The largest absolute Gasteiger partial charge is 0.384 e. The molecule has 0 bridgehead atoms. The van der Waals surface area contributed by atoms with Gasteiger partial charge in [-0.25, -0.2) is 0 Å². The van der Waals surface area contributed by atoms with Gasteiger partial charge in [-0.2, -0.15) is 5.26 Å². The summed E-state index contributed by atoms with van der Waals surface area (Å²) in [4.78, 5) is 2.42. The van der Waals surface area contributed by atoms with Gasteiger partial charge >= 0.3 is 0 Å². The first kappa shape index (κ1) is 12.8. The highest BCUT2D eigenvalue weighted by atomic mass is 16.5. The van der Waals surface area contributed by atoms with Gasteiger partial charge in [-0.05, 0) is 44.7 Å². The van der Waals surface area contributed by atoms with Crippen LogP contribution >= 0.6 is 0 Å². The summed E-state index contributed by atoms with van der Waals surface area (Å²) >= 11 is 0. The normalized spacial score (nSPS) is 28.9. The molecule has 2 unspecified atom stereocenters. The fraction of sp³-hybridized carbons (Fsp3) is 0.923. The molecule has 96 valence electrons. The van der Waals surface area contributed by atoms with Crippen molar-refractivity contribution in [3.63, 3.8) is 0 Å². The lowest BCUT2D eigenvalue weighted by Gasteiger charge is -2.31. The zero-order chi connectivity index (χ0) is 12.3. The number of ether oxygens (including phenoxy) is 1. The van der Waals surface area contributed by atoms with Crippen molar-refractivity contribution >= 4 is 0 Å². The first-order valence-corrected chi connectivity index (χ1v) is 6.55. The monoisotopic (exact) mass is 237 g/mol. The van der Waals surface area contributed by atoms with Crippen LogP contribution < -0.4 is 5.32 Å². The minimum atomic E-state index is -0.317. The molecular formula is C13H23N3O. The fourth-order valence-corrected chi connectivity index (χ4v) is 2.95. The molecule has 0 aromatic rings. The second kappa shape index (κ2) is 5.34. The average Bonchev–Trinajstić information content (AvgIpc) is 3.11. The lowest BCUT2D eigenvalue weighted by Crippen LogP contribution is -2.52. The molecule has 1 saturated carbocycles. The topological polar surface area (TPSA) is 48.3 Å². The molecule has 0 spiro atoms. The molecule has 2 fully saturated rings. The molecule has 2 atom stereocenters. The van der Waals surface area contributed by atoms with Gasteiger partial charge in [0.25, 0.3) is 0 Å². The Morgan fingerprint density at radius 2 is 2.24 bits per heavy atom. The van der Waals surface area contributed by atoms with Crippen molar-refractivity contribution in [1.82, 2.24) is 10.2 Å². The number of nitriles is 1. The van der Waals surface area contributed by atoms with E-state index in [9.17, 15) is 5.26 Å². The second-order valence-corrected chi connectivity index (χ2v) is 5.45. The van der Waals surface area contributed by atoms with Crippen molar-refractivity contribution in [3.05, 3.63) is 0 Å². The van der Waals surface area contributed by atoms with Gasteiger partial charge in [0, 0.05) is 20.2 Å². The zero-order valence-electron chi connectivity index (χ0n) is 10.9. The second-order valence-electron chi connectivity index (χ2n) is 5.45. The third kappa shape index (κ3) is 2.79. The Balaban J connectivity index is 1.89. The summed E-state index contributed by atoms with van der Waals surface area (Å²) in [6, 6.07) is 2.52. The molecule has 2 aliphatic rings. The van der Waals surface area contributed by atoms with Crippen LogP contribution in [-0.2, 0) is 4.74 Å². The summed E-state index contributed by atoms with van der Waals surface area (Å²) in [6.45, 7) is 3.89. The summed E-state index contributed by atoms with van der Waals surface area (Å²) in [7, 11) is 3.68. The van der Waals surface area contributed by atoms with Gasteiger partial charge in [-0.1, -0.05) is 0 Å². The van der Waals surface area contributed by atoms with Crippen LogP contribution in [0.25, 0.3) is 0 Å². The Bertz CT molecular complexity index is 298. The van der Waals surface area contributed by atoms with Crippen molar-refractivity contribution in [3.8, 4) is 6.07 Å². The molecule has 0 radical (unpaired) electrons. The predicted octanol–water partition coefficient (Wildman–Crippen LogP) is 0.846. The molecule has 17 heavy (non-hydrogen) atoms. The van der Waals surface area contributed by atoms with Gasteiger partial charge in [-0.15, -0.1) is 0 Å². The van der Waals surface area contributed by atoms with Crippen LogP contribution in [0.15, 0.2) is 0 Å². The first-order valence-electron chi connectivity index (χ1n) is 6.55. The number of rotatable bonds is 6. The van der Waals surface area contributed by atoms with E-state index in [1.807, 2.05) is 7.05 Å². The quantitative estimate of drug-likeness (QED) is 0.744. The summed E-state index contributed by atoms with van der Waals surface area (Å²) < 4.78 is 5.21. The molecule has 2 rings (SSSR count). The van der Waals surface area contributed by atoms with Crippen LogP contribution in [0.2, 0.25) is 0 Å². The number of methoxy groups -OCH3 is 1. The Kier molecular flexibility index (Phi) is 4.03. The Hall–Kier alpha value is -0.630. The van der Waals surface area contributed by atoms with E-state index in [2.05, 4.69) is 16.3 Å². The molecule has 1 N–H and O–H groups in total. The predicted molar refractivity (Wildman–Crippen MR) is 66.6 cm³/mol. The lowest BCUT2D eigenvalue weighted by atomic mass is 9.94. The van der Waals surface area contributed by atoms with Crippen molar-refractivity contribution in [2.75, 3.05) is 40.4 Å². The first-order chi connectivity index (χ1) is 8.24. The summed E-state index contributed by atoms with van der Waals surface area (Å²) in [5.41, 5.74) is -0.317. The van der Waals surface area contributed by atoms with Gasteiger partial charge in [0.15, 0.2) is 0 Å². The van der Waals surface area contributed by atoms with E-state index >= 15 is 0 Å². The summed E-state index contributed by atoms with van der Waals surface area (Å²) in [5, 5.41) is 12.7. The van der Waals surface area contributed by atoms with Gasteiger partial charge in [0.1, 0.15) is 5.54 Å². The third-order valence-corrected chi connectivity index (χ3v) is 4.17. The van der Waals surface area contributed by atoms with Crippen LogP contribution in [0.3, 0.4) is 0 Å². The molecule has 0 aromatic carbocycles. The van der Waals surface area contributed by atoms with E-state index in [-0.39, 0.29) is 5.54 Å². The number of hydrogen-bond acceptors (Lipinski definition) is 4. The van der Waals surface area contributed by atoms with E-state index < -0.39 is 0 Å². The minimum absolute atomic E-state index is 0.317. The van der Waals surface area contributed by atoms with Crippen LogP contribution in [-0.4, -0.2) is 50.8 Å². The average molecular weight is 237 g/mol. The van der Waals surface area contributed by atoms with E-state index in [4.69, 9.17) is 4.74 Å². The SMILES string of the molecule is CNC(C#N)(CN1CCC(COC)C1)C1CC1. The van der Waals surface area contributed by atoms with Crippen LogP contribution in [0.4, 0.5) is 0 Å². The van der Waals surface area contributed by atoms with Crippen molar-refractivity contribution in [1.29, 1.82) is 5.26 Å². The van der Waals surface area contributed by atoms with Crippen molar-refractivity contribution < 1.29 is 4.74 Å². The molecule has 4 nitrogen and oxygen atoms in total.